The van der Waals surface area contributed by atoms with Crippen LogP contribution < -0.4 is 20.7 Å². The van der Waals surface area contributed by atoms with E-state index in [9.17, 15) is 23.5 Å². The van der Waals surface area contributed by atoms with E-state index in [1.165, 1.54) is 0 Å². The minimum Gasteiger partial charge on any atom is -0.497 e. The highest BCUT2D eigenvalue weighted by atomic mass is 19.1. The Hall–Kier alpha value is -3.24. The summed E-state index contributed by atoms with van der Waals surface area (Å²) in [4.78, 5) is 26.8. The molecule has 2 aromatic carbocycles. The Labute approximate surface area is 217 Å². The lowest BCUT2D eigenvalue weighted by Crippen LogP contribution is -2.46. The van der Waals surface area contributed by atoms with E-state index >= 15 is 0 Å². The van der Waals surface area contributed by atoms with Gasteiger partial charge in [-0.2, -0.15) is 0 Å². The number of amides is 3. The van der Waals surface area contributed by atoms with Crippen molar-refractivity contribution in [2.45, 2.75) is 51.8 Å². The summed E-state index contributed by atoms with van der Waals surface area (Å²) in [6, 6.07) is 8.47. The number of carbonyl (C=O) groups excluding carboxylic acids is 2. The van der Waals surface area contributed by atoms with Crippen LogP contribution in [0.3, 0.4) is 0 Å². The number of nitrogens with zero attached hydrogens (tertiary/aromatic N) is 1. The van der Waals surface area contributed by atoms with Gasteiger partial charge in [-0.15, -0.1) is 0 Å². The van der Waals surface area contributed by atoms with Gasteiger partial charge in [0.2, 0.25) is 5.91 Å². The molecule has 10 heteroatoms. The Bertz CT molecular complexity index is 982. The lowest BCUT2D eigenvalue weighted by molar-refractivity contribution is -0.131. The molecule has 2 unspecified atom stereocenters. The Morgan fingerprint density at radius 1 is 1.05 bits per heavy atom. The molecule has 8 nitrogen and oxygen atoms in total. The number of hydrogen-bond acceptors (Lipinski definition) is 5. The molecule has 0 aliphatic carbocycles. The van der Waals surface area contributed by atoms with Crippen LogP contribution >= 0.6 is 0 Å². The van der Waals surface area contributed by atoms with Crippen LogP contribution in [-0.2, 0) is 11.3 Å². The average molecular weight is 521 g/mol. The van der Waals surface area contributed by atoms with Gasteiger partial charge in [-0.1, -0.05) is 26.0 Å². The molecule has 0 heterocycles. The maximum Gasteiger partial charge on any atom is 0.315 e. The van der Waals surface area contributed by atoms with E-state index < -0.39 is 29.8 Å². The summed E-state index contributed by atoms with van der Waals surface area (Å²) in [6.45, 7) is 5.81. The van der Waals surface area contributed by atoms with Gasteiger partial charge in [0.25, 0.3) is 0 Å². The van der Waals surface area contributed by atoms with Gasteiger partial charge in [0.15, 0.2) is 0 Å². The van der Waals surface area contributed by atoms with Crippen molar-refractivity contribution < 1.29 is 28.2 Å². The number of nitrogens with one attached hydrogen (secondary N) is 3. The number of rotatable bonds is 15. The number of carbonyl (C=O) groups is 2. The number of aliphatic hydroxyl groups is 1. The second-order valence-electron chi connectivity index (χ2n) is 8.76. The molecule has 204 valence electrons. The number of methoxy groups -OCH3 is 1. The number of urea groups is 1. The van der Waals surface area contributed by atoms with Crippen molar-refractivity contribution in [2.24, 2.45) is 0 Å². The summed E-state index contributed by atoms with van der Waals surface area (Å²) >= 11 is 0. The Balaban J connectivity index is 2.00. The summed E-state index contributed by atoms with van der Waals surface area (Å²) in [5, 5.41) is 19.1. The first kappa shape index (κ1) is 30.0. The highest BCUT2D eigenvalue weighted by Crippen LogP contribution is 2.20. The number of ether oxygens (including phenoxy) is 1. The smallest absolute Gasteiger partial charge is 0.315 e. The zero-order chi connectivity index (χ0) is 27.2. The fraction of sp³-hybridized carbons (Fsp3) is 0.481. The molecule has 0 aliphatic rings. The second-order valence-corrected chi connectivity index (χ2v) is 8.76. The van der Waals surface area contributed by atoms with Crippen LogP contribution in [0.2, 0.25) is 0 Å². The van der Waals surface area contributed by atoms with Gasteiger partial charge in [-0.05, 0) is 48.2 Å². The predicted octanol–water partition coefficient (Wildman–Crippen LogP) is 3.50. The Morgan fingerprint density at radius 3 is 2.35 bits per heavy atom. The first-order valence-corrected chi connectivity index (χ1v) is 12.6. The summed E-state index contributed by atoms with van der Waals surface area (Å²) in [6.07, 6.45) is 0.603. The van der Waals surface area contributed by atoms with Gasteiger partial charge in [0.05, 0.1) is 19.3 Å². The molecule has 2 rings (SSSR count). The molecule has 0 aromatic heterocycles. The van der Waals surface area contributed by atoms with Crippen LogP contribution in [0.5, 0.6) is 5.75 Å². The van der Waals surface area contributed by atoms with Crippen LogP contribution in [-0.4, -0.2) is 61.3 Å². The van der Waals surface area contributed by atoms with E-state index in [4.69, 9.17) is 4.74 Å². The van der Waals surface area contributed by atoms with Crippen LogP contribution in [0, 0.1) is 11.6 Å². The van der Waals surface area contributed by atoms with Gasteiger partial charge < -0.3 is 30.7 Å². The third-order valence-electron chi connectivity index (χ3n) is 5.70. The van der Waals surface area contributed by atoms with E-state index in [2.05, 4.69) is 16.0 Å². The van der Waals surface area contributed by atoms with E-state index in [-0.39, 0.29) is 31.0 Å². The van der Waals surface area contributed by atoms with Gasteiger partial charge >= 0.3 is 6.03 Å². The Morgan fingerprint density at radius 2 is 1.73 bits per heavy atom. The van der Waals surface area contributed by atoms with Gasteiger partial charge in [-0.25, -0.2) is 13.6 Å². The molecule has 0 aliphatic heterocycles. The number of hydrogen-bond donors (Lipinski definition) is 4. The molecule has 3 amide bonds. The molecule has 0 radical (unpaired) electrons. The first-order valence-electron chi connectivity index (χ1n) is 12.6. The highest BCUT2D eigenvalue weighted by Gasteiger charge is 2.24. The Kier molecular flexibility index (Phi) is 12.8. The summed E-state index contributed by atoms with van der Waals surface area (Å²) in [5.74, 6) is -1.01. The van der Waals surface area contributed by atoms with Crippen LogP contribution in [0.15, 0.2) is 42.5 Å². The molecule has 0 saturated carbocycles. The SMILES string of the molecule is CCCN(CCC)C(=O)CCNC(=O)NC(c1cc(F)cc(F)c1)C(O)CNCc1cccc(OC)c1. The molecule has 0 fully saturated rings. The standard InChI is InChI=1S/C27H38F2N4O4/c1-4-11-33(12-5-2)25(35)9-10-31-27(36)32-26(20-14-21(28)16-22(29)15-20)24(34)18-30-17-19-7-6-8-23(13-19)37-3/h6-8,13-16,24,26,30,34H,4-5,9-12,17-18H2,1-3H3,(H2,31,32,36). The van der Waals surface area contributed by atoms with Crippen molar-refractivity contribution in [1.29, 1.82) is 0 Å². The molecule has 2 aromatic rings. The van der Waals surface area contributed by atoms with Crippen molar-refractivity contribution in [3.8, 4) is 5.75 Å². The molecule has 0 bridgehead atoms. The topological polar surface area (TPSA) is 103 Å². The maximum absolute atomic E-state index is 13.9. The summed E-state index contributed by atoms with van der Waals surface area (Å²) in [5.41, 5.74) is 0.993. The predicted molar refractivity (Wildman–Crippen MR) is 138 cm³/mol. The van der Waals surface area contributed by atoms with Gasteiger partial charge in [0, 0.05) is 45.2 Å². The maximum atomic E-state index is 13.9. The molecule has 4 N–H and O–H groups in total. The number of benzene rings is 2. The molecule has 37 heavy (non-hydrogen) atoms. The van der Waals surface area contributed by atoms with E-state index in [1.807, 2.05) is 38.1 Å². The third-order valence-corrected chi connectivity index (χ3v) is 5.70. The highest BCUT2D eigenvalue weighted by molar-refractivity contribution is 5.78. The average Bonchev–Trinajstić information content (AvgIpc) is 2.86. The monoisotopic (exact) mass is 520 g/mol. The molecule has 0 saturated heterocycles. The fourth-order valence-corrected chi connectivity index (χ4v) is 3.96. The molecule has 0 spiro atoms. The quantitative estimate of drug-likeness (QED) is 0.288. The van der Waals surface area contributed by atoms with Crippen molar-refractivity contribution in [3.63, 3.8) is 0 Å². The third kappa shape index (κ3) is 10.3. The molecular formula is C27H38F2N4O4. The zero-order valence-electron chi connectivity index (χ0n) is 21.7. The zero-order valence-corrected chi connectivity index (χ0v) is 21.7. The van der Waals surface area contributed by atoms with Crippen molar-refractivity contribution in [3.05, 3.63) is 65.2 Å². The lowest BCUT2D eigenvalue weighted by atomic mass is 10.0. The molecular weight excluding hydrogens is 482 g/mol. The fourth-order valence-electron chi connectivity index (χ4n) is 3.96. The normalized spacial score (nSPS) is 12.5. The number of halogens is 2. The van der Waals surface area contributed by atoms with E-state index in [0.717, 1.165) is 36.6 Å². The summed E-state index contributed by atoms with van der Waals surface area (Å²) < 4.78 is 33.0. The van der Waals surface area contributed by atoms with Crippen molar-refractivity contribution in [2.75, 3.05) is 33.3 Å². The van der Waals surface area contributed by atoms with Crippen LogP contribution in [0.1, 0.15) is 50.3 Å². The van der Waals surface area contributed by atoms with E-state index in [0.29, 0.717) is 25.4 Å². The minimum atomic E-state index is -1.20. The van der Waals surface area contributed by atoms with Crippen molar-refractivity contribution in [1.82, 2.24) is 20.9 Å². The van der Waals surface area contributed by atoms with Gasteiger partial charge in [0.1, 0.15) is 17.4 Å². The molecule has 2 atom stereocenters. The lowest BCUT2D eigenvalue weighted by Gasteiger charge is -2.26. The largest absolute Gasteiger partial charge is 0.497 e. The summed E-state index contributed by atoms with van der Waals surface area (Å²) in [7, 11) is 1.57. The van der Waals surface area contributed by atoms with Gasteiger partial charge in [-0.3, -0.25) is 4.79 Å². The first-order chi connectivity index (χ1) is 17.8. The second kappa shape index (κ2) is 15.8. The number of aliphatic hydroxyl groups excluding tert-OH is 1. The van der Waals surface area contributed by atoms with Crippen molar-refractivity contribution >= 4 is 11.9 Å². The minimum absolute atomic E-state index is 0.0295. The van der Waals surface area contributed by atoms with E-state index in [1.54, 1.807) is 12.0 Å². The van der Waals surface area contributed by atoms with Crippen LogP contribution in [0.25, 0.3) is 0 Å². The van der Waals surface area contributed by atoms with Crippen LogP contribution in [0.4, 0.5) is 13.6 Å².